The molecular formula is C44H76N3O5P. The van der Waals surface area contributed by atoms with Crippen molar-refractivity contribution in [2.24, 2.45) is 46.3 Å². The molecule has 0 aromatic carbocycles. The monoisotopic (exact) mass is 758 g/mol. The van der Waals surface area contributed by atoms with Crippen molar-refractivity contribution < 1.29 is 23.4 Å². The molecule has 0 saturated heterocycles. The fourth-order valence-corrected chi connectivity index (χ4v) is 12.9. The highest BCUT2D eigenvalue weighted by Gasteiger charge is 2.59. The van der Waals surface area contributed by atoms with Crippen LogP contribution in [0.2, 0.25) is 0 Å². The SMILES string of the molecule is CCC(COP(OCCC#N)N(C(C)C)C(C)C)NC(=O)CCC(=O)O[C@H]1CC[C@@]2(C)C(=CCC3C2CC[C@@]2(C)C3CC[C@@H]2[C@H](C)CCCC(C)C)C1. The summed E-state index contributed by atoms with van der Waals surface area (Å²) in [6.07, 6.45) is 17.3. The zero-order chi connectivity index (χ0) is 38.9. The molecule has 0 spiro atoms. The third-order valence-electron chi connectivity index (χ3n) is 14.0. The summed E-state index contributed by atoms with van der Waals surface area (Å²) >= 11 is 0. The summed E-state index contributed by atoms with van der Waals surface area (Å²) in [6.45, 7) is 23.5. The molecule has 0 aliphatic heterocycles. The number of esters is 1. The van der Waals surface area contributed by atoms with Gasteiger partial charge in [-0.25, -0.2) is 4.67 Å². The van der Waals surface area contributed by atoms with Gasteiger partial charge in [-0.1, -0.05) is 72.5 Å². The van der Waals surface area contributed by atoms with Gasteiger partial charge in [0.2, 0.25) is 5.91 Å². The second-order valence-electron chi connectivity index (χ2n) is 18.7. The van der Waals surface area contributed by atoms with Gasteiger partial charge in [-0.2, -0.15) is 5.26 Å². The van der Waals surface area contributed by atoms with E-state index < -0.39 is 8.53 Å². The molecule has 9 heteroatoms. The Morgan fingerprint density at radius 3 is 2.38 bits per heavy atom. The minimum atomic E-state index is -1.38. The number of carbonyl (C=O) groups is 2. The van der Waals surface area contributed by atoms with Crippen molar-refractivity contribution in [1.82, 2.24) is 9.99 Å². The number of hydrogen-bond donors (Lipinski definition) is 1. The van der Waals surface area contributed by atoms with E-state index in [-0.39, 0.29) is 54.4 Å². The van der Waals surface area contributed by atoms with Crippen LogP contribution in [0.5, 0.6) is 0 Å². The van der Waals surface area contributed by atoms with Crippen molar-refractivity contribution in [2.75, 3.05) is 13.2 Å². The highest BCUT2D eigenvalue weighted by molar-refractivity contribution is 7.44. The van der Waals surface area contributed by atoms with Crippen molar-refractivity contribution >= 4 is 20.4 Å². The predicted octanol–water partition coefficient (Wildman–Crippen LogP) is 10.9. The first-order chi connectivity index (χ1) is 25.1. The number of amides is 1. The Morgan fingerprint density at radius 2 is 1.72 bits per heavy atom. The third-order valence-corrected chi connectivity index (χ3v) is 16.1. The topological polar surface area (TPSA) is 101 Å². The Balaban J connectivity index is 1.25. The molecule has 53 heavy (non-hydrogen) atoms. The van der Waals surface area contributed by atoms with Crippen molar-refractivity contribution in [3.63, 3.8) is 0 Å². The van der Waals surface area contributed by atoms with E-state index in [1.165, 1.54) is 56.9 Å². The van der Waals surface area contributed by atoms with Crippen LogP contribution in [0, 0.1) is 57.7 Å². The molecule has 3 saturated carbocycles. The van der Waals surface area contributed by atoms with Crippen molar-refractivity contribution in [3.8, 4) is 6.07 Å². The van der Waals surface area contributed by atoms with Crippen LogP contribution in [0.15, 0.2) is 11.6 Å². The summed E-state index contributed by atoms with van der Waals surface area (Å²) in [5.74, 6) is 4.43. The molecule has 302 valence electrons. The van der Waals surface area contributed by atoms with Crippen molar-refractivity contribution in [1.29, 1.82) is 5.26 Å². The molecule has 5 unspecified atom stereocenters. The predicted molar refractivity (Wildman–Crippen MR) is 216 cm³/mol. The summed E-state index contributed by atoms with van der Waals surface area (Å²) in [6, 6.07) is 2.33. The number of allylic oxidation sites excluding steroid dienone is 1. The van der Waals surface area contributed by atoms with Gasteiger partial charge in [0.1, 0.15) is 6.10 Å². The van der Waals surface area contributed by atoms with E-state index in [1.54, 1.807) is 0 Å². The number of ether oxygens (including phenoxy) is 1. The molecule has 4 rings (SSSR count). The van der Waals surface area contributed by atoms with Crippen LogP contribution in [-0.2, 0) is 23.4 Å². The highest BCUT2D eigenvalue weighted by atomic mass is 31.2. The van der Waals surface area contributed by atoms with E-state index in [0.29, 0.717) is 31.5 Å². The number of hydrogen-bond acceptors (Lipinski definition) is 7. The zero-order valence-corrected chi connectivity index (χ0v) is 36.1. The highest BCUT2D eigenvalue weighted by Crippen LogP contribution is 2.67. The van der Waals surface area contributed by atoms with Gasteiger partial charge in [-0.3, -0.25) is 9.59 Å². The molecular weight excluding hydrogens is 681 g/mol. The molecule has 0 aromatic rings. The molecule has 10 atom stereocenters. The standard InChI is InChI=1S/C44H76N3O5P/c1-11-35(29-51-53(50-27-13-26-45)47(31(4)5)32(6)7)46-41(48)20-21-42(49)52-36-22-24-43(9)34(28-36)16-17-37-39-19-18-38(33(8)15-12-14-30(2)3)44(39,10)25-23-40(37)43/h16,30-33,35-40H,11-15,17-25,27-29H2,1-10H3,(H,46,48)/t33-,35?,36+,37?,38-,39?,40?,43+,44-,53?/m1/s1. The Labute approximate surface area is 325 Å². The normalized spacial score (nSPS) is 31.3. The average Bonchev–Trinajstić information content (AvgIpc) is 3.46. The molecule has 0 bridgehead atoms. The largest absolute Gasteiger partial charge is 0.462 e. The molecule has 8 nitrogen and oxygen atoms in total. The Morgan fingerprint density at radius 1 is 0.981 bits per heavy atom. The maximum atomic E-state index is 13.0. The van der Waals surface area contributed by atoms with Crippen LogP contribution in [0.25, 0.3) is 0 Å². The lowest BCUT2D eigenvalue weighted by Crippen LogP contribution is -2.51. The minimum Gasteiger partial charge on any atom is -0.462 e. The van der Waals surface area contributed by atoms with Gasteiger partial charge in [-0.05, 0) is 125 Å². The minimum absolute atomic E-state index is 0.0798. The first-order valence-corrected chi connectivity index (χ1v) is 22.7. The number of fused-ring (bicyclic) bond motifs is 5. The molecule has 0 aromatic heterocycles. The lowest BCUT2D eigenvalue weighted by molar-refractivity contribution is -0.152. The second-order valence-corrected chi connectivity index (χ2v) is 20.1. The molecule has 1 N–H and O–H groups in total. The first kappa shape index (κ1) is 44.2. The van der Waals surface area contributed by atoms with E-state index >= 15 is 0 Å². The van der Waals surface area contributed by atoms with Crippen LogP contribution >= 0.6 is 8.53 Å². The number of nitrogens with one attached hydrogen (secondary N) is 1. The van der Waals surface area contributed by atoms with Crippen molar-refractivity contribution in [3.05, 3.63) is 11.6 Å². The second kappa shape index (κ2) is 20.1. The van der Waals surface area contributed by atoms with Gasteiger partial charge in [0.25, 0.3) is 8.53 Å². The number of nitrogens with zero attached hydrogens (tertiary/aromatic N) is 2. The third kappa shape index (κ3) is 11.1. The molecule has 3 fully saturated rings. The van der Waals surface area contributed by atoms with Gasteiger partial charge in [0.05, 0.1) is 38.2 Å². The lowest BCUT2D eigenvalue weighted by Gasteiger charge is -2.58. The number of carbonyl (C=O) groups excluding carboxylic acids is 2. The Kier molecular flexibility index (Phi) is 16.7. The first-order valence-electron chi connectivity index (χ1n) is 21.5. The van der Waals surface area contributed by atoms with Crippen LogP contribution in [0.4, 0.5) is 0 Å². The average molecular weight is 758 g/mol. The zero-order valence-electron chi connectivity index (χ0n) is 35.3. The van der Waals surface area contributed by atoms with E-state index in [1.807, 2.05) is 6.92 Å². The van der Waals surface area contributed by atoms with Gasteiger partial charge in [0, 0.05) is 24.9 Å². The number of nitriles is 1. The fourth-order valence-electron chi connectivity index (χ4n) is 11.2. The van der Waals surface area contributed by atoms with E-state index in [9.17, 15) is 9.59 Å². The lowest BCUT2D eigenvalue weighted by atomic mass is 9.47. The van der Waals surface area contributed by atoms with Gasteiger partial charge in [0.15, 0.2) is 0 Å². The Hall–Kier alpha value is -1.52. The summed E-state index contributed by atoms with van der Waals surface area (Å²) in [4.78, 5) is 26.0. The maximum absolute atomic E-state index is 13.0. The van der Waals surface area contributed by atoms with E-state index in [2.05, 4.69) is 84.4 Å². The summed E-state index contributed by atoms with van der Waals surface area (Å²) in [5, 5.41) is 12.0. The fraction of sp³-hybridized carbons (Fsp3) is 0.886. The molecule has 0 heterocycles. The molecule has 0 radical (unpaired) electrons. The van der Waals surface area contributed by atoms with Gasteiger partial charge >= 0.3 is 5.97 Å². The smallest absolute Gasteiger partial charge is 0.306 e. The molecule has 4 aliphatic rings. The van der Waals surface area contributed by atoms with E-state index in [4.69, 9.17) is 19.0 Å². The molecule has 4 aliphatic carbocycles. The number of rotatable bonds is 20. The van der Waals surface area contributed by atoms with E-state index in [0.717, 1.165) is 54.8 Å². The van der Waals surface area contributed by atoms with Gasteiger partial charge in [-0.15, -0.1) is 0 Å². The van der Waals surface area contributed by atoms with Crippen LogP contribution in [0.1, 0.15) is 166 Å². The quantitative estimate of drug-likeness (QED) is 0.0571. The maximum Gasteiger partial charge on any atom is 0.306 e. The molecule has 1 amide bonds. The van der Waals surface area contributed by atoms with Crippen molar-refractivity contribution in [2.45, 2.75) is 190 Å². The van der Waals surface area contributed by atoms with Crippen LogP contribution < -0.4 is 5.32 Å². The van der Waals surface area contributed by atoms with Crippen LogP contribution in [0.3, 0.4) is 0 Å². The Bertz CT molecular complexity index is 1260. The van der Waals surface area contributed by atoms with Crippen LogP contribution in [-0.4, -0.2) is 54.0 Å². The van der Waals surface area contributed by atoms with Gasteiger partial charge < -0.3 is 19.1 Å². The summed E-state index contributed by atoms with van der Waals surface area (Å²) < 4.78 is 20.5. The summed E-state index contributed by atoms with van der Waals surface area (Å²) in [7, 11) is -1.38. The summed E-state index contributed by atoms with van der Waals surface area (Å²) in [5.41, 5.74) is 2.23.